The molecule has 2 aromatic carbocycles. The molecular weight excluding hydrogens is 453 g/mol. The molecule has 0 bridgehead atoms. The second-order valence-electron chi connectivity index (χ2n) is 8.14. The molecule has 1 atom stereocenters. The van der Waals surface area contributed by atoms with Crippen LogP contribution in [0.1, 0.15) is 36.4 Å². The van der Waals surface area contributed by atoms with Crippen molar-refractivity contribution in [1.82, 2.24) is 15.2 Å². The first kappa shape index (κ1) is 25.8. The summed E-state index contributed by atoms with van der Waals surface area (Å²) in [5.41, 5.74) is 3.61. The van der Waals surface area contributed by atoms with Gasteiger partial charge in [0.1, 0.15) is 17.3 Å². The summed E-state index contributed by atoms with van der Waals surface area (Å²) < 4.78 is 31.3. The van der Waals surface area contributed by atoms with Crippen LogP contribution in [-0.2, 0) is 34.3 Å². The van der Waals surface area contributed by atoms with Crippen LogP contribution >= 0.6 is 0 Å². The second-order valence-corrected chi connectivity index (χ2v) is 9.59. The lowest BCUT2D eigenvalue weighted by Crippen LogP contribution is -2.30. The predicted molar refractivity (Wildman–Crippen MR) is 133 cm³/mol. The van der Waals surface area contributed by atoms with E-state index in [9.17, 15) is 13.4 Å². The molecule has 1 amide bonds. The fourth-order valence-electron chi connectivity index (χ4n) is 3.54. The lowest BCUT2D eigenvalue weighted by molar-refractivity contribution is -0.118. The first-order valence-electron chi connectivity index (χ1n) is 11.5. The van der Waals surface area contributed by atoms with Gasteiger partial charge < -0.3 is 9.73 Å². The van der Waals surface area contributed by atoms with Crippen LogP contribution in [0.15, 0.2) is 52.9 Å². The van der Waals surface area contributed by atoms with Gasteiger partial charge in [-0.15, -0.1) is 0 Å². The minimum absolute atomic E-state index is 0.106. The number of oxazole rings is 1. The molecule has 0 saturated carbocycles. The number of aryl methyl sites for hydroxylation is 1. The predicted octanol–water partition coefficient (Wildman–Crippen LogP) is 4.24. The van der Waals surface area contributed by atoms with Crippen molar-refractivity contribution in [2.75, 3.05) is 25.4 Å². The van der Waals surface area contributed by atoms with E-state index in [4.69, 9.17) is 4.42 Å². The van der Waals surface area contributed by atoms with Gasteiger partial charge in [-0.3, -0.25) is 13.9 Å². The molecule has 1 aromatic heterocycles. The standard InChI is InChI=1S/C26H32FN3O3S/c1-4-30(5-2)16-21-6-10-22(11-7-21)26-29-24(19(3)33-26)17-34(32)18-25(31)28-15-14-20-8-12-23(27)13-9-20/h6-13H,4-5,14-18H2,1-3H3,(H,28,31). The monoisotopic (exact) mass is 485 g/mol. The maximum absolute atomic E-state index is 13.0. The van der Waals surface area contributed by atoms with Gasteiger partial charge in [-0.2, -0.15) is 0 Å². The quantitative estimate of drug-likeness (QED) is 0.415. The molecule has 0 saturated heterocycles. The number of carbonyl (C=O) groups excluding carboxylic acids is 1. The van der Waals surface area contributed by atoms with Crippen molar-refractivity contribution in [2.45, 2.75) is 39.5 Å². The Hall–Kier alpha value is -2.84. The molecular formula is C26H32FN3O3S. The van der Waals surface area contributed by atoms with Gasteiger partial charge in [0.15, 0.2) is 0 Å². The van der Waals surface area contributed by atoms with E-state index in [1.54, 1.807) is 19.1 Å². The molecule has 1 unspecified atom stereocenters. The van der Waals surface area contributed by atoms with Gasteiger partial charge in [-0.05, 0) is 61.8 Å². The number of carbonyl (C=O) groups is 1. The van der Waals surface area contributed by atoms with Crippen LogP contribution in [-0.4, -0.2) is 45.4 Å². The second kappa shape index (κ2) is 12.6. The SMILES string of the molecule is CCN(CC)Cc1ccc(-c2nc(CS(=O)CC(=O)NCCc3ccc(F)cc3)c(C)o2)cc1. The summed E-state index contributed by atoms with van der Waals surface area (Å²) in [7, 11) is -1.41. The van der Waals surface area contributed by atoms with Crippen molar-refractivity contribution in [3.8, 4) is 11.5 Å². The molecule has 0 aliphatic carbocycles. The molecule has 0 radical (unpaired) electrons. The summed E-state index contributed by atoms with van der Waals surface area (Å²) >= 11 is 0. The maximum Gasteiger partial charge on any atom is 0.232 e. The highest BCUT2D eigenvalue weighted by atomic mass is 32.2. The number of nitrogens with zero attached hydrogens (tertiary/aromatic N) is 2. The Morgan fingerprint density at radius 3 is 2.35 bits per heavy atom. The Labute approximate surface area is 203 Å². The molecule has 1 heterocycles. The normalized spacial score (nSPS) is 12.1. The molecule has 3 aromatic rings. The number of hydrogen-bond acceptors (Lipinski definition) is 5. The van der Waals surface area contributed by atoms with Crippen molar-refractivity contribution in [2.24, 2.45) is 0 Å². The summed E-state index contributed by atoms with van der Waals surface area (Å²) in [6.07, 6.45) is 0.581. The minimum atomic E-state index is -1.41. The first-order valence-corrected chi connectivity index (χ1v) is 13.0. The van der Waals surface area contributed by atoms with Crippen molar-refractivity contribution in [3.63, 3.8) is 0 Å². The van der Waals surface area contributed by atoms with E-state index in [1.807, 2.05) is 12.1 Å². The summed E-state index contributed by atoms with van der Waals surface area (Å²) in [5, 5.41) is 2.76. The lowest BCUT2D eigenvalue weighted by Gasteiger charge is -2.17. The van der Waals surface area contributed by atoms with Gasteiger partial charge in [0.2, 0.25) is 11.8 Å². The Morgan fingerprint density at radius 2 is 1.71 bits per heavy atom. The zero-order chi connectivity index (χ0) is 24.5. The van der Waals surface area contributed by atoms with Gasteiger partial charge >= 0.3 is 0 Å². The number of nitrogens with one attached hydrogen (secondary N) is 1. The van der Waals surface area contributed by atoms with Crippen LogP contribution in [0.2, 0.25) is 0 Å². The molecule has 0 aliphatic heterocycles. The molecule has 3 rings (SSSR count). The van der Waals surface area contributed by atoms with Gasteiger partial charge in [0.05, 0.1) is 11.4 Å². The average Bonchev–Trinajstić information content (AvgIpc) is 3.19. The molecule has 1 N–H and O–H groups in total. The molecule has 0 spiro atoms. The van der Waals surface area contributed by atoms with E-state index in [1.165, 1.54) is 17.7 Å². The lowest BCUT2D eigenvalue weighted by atomic mass is 10.1. The third-order valence-electron chi connectivity index (χ3n) is 5.63. The number of benzene rings is 2. The summed E-state index contributed by atoms with van der Waals surface area (Å²) in [5.74, 6) is 0.564. The summed E-state index contributed by atoms with van der Waals surface area (Å²) in [6.45, 7) is 9.40. The molecule has 182 valence electrons. The number of aromatic nitrogens is 1. The highest BCUT2D eigenvalue weighted by Crippen LogP contribution is 2.23. The van der Waals surface area contributed by atoms with Crippen LogP contribution in [0.4, 0.5) is 4.39 Å². The molecule has 0 aliphatic rings. The summed E-state index contributed by atoms with van der Waals surface area (Å²) in [6, 6.07) is 14.3. The molecule has 6 nitrogen and oxygen atoms in total. The fraction of sp³-hybridized carbons (Fsp3) is 0.385. The van der Waals surface area contributed by atoms with E-state index in [2.05, 4.69) is 41.2 Å². The topological polar surface area (TPSA) is 75.4 Å². The van der Waals surface area contributed by atoms with Crippen LogP contribution in [0.25, 0.3) is 11.5 Å². The molecule has 34 heavy (non-hydrogen) atoms. The fourth-order valence-corrected chi connectivity index (χ4v) is 4.61. The van der Waals surface area contributed by atoms with E-state index < -0.39 is 10.8 Å². The average molecular weight is 486 g/mol. The highest BCUT2D eigenvalue weighted by Gasteiger charge is 2.16. The van der Waals surface area contributed by atoms with Crippen molar-refractivity contribution >= 4 is 16.7 Å². The van der Waals surface area contributed by atoms with Gasteiger partial charge in [0.25, 0.3) is 0 Å². The van der Waals surface area contributed by atoms with Crippen LogP contribution in [0.3, 0.4) is 0 Å². The largest absolute Gasteiger partial charge is 0.441 e. The Morgan fingerprint density at radius 1 is 1.06 bits per heavy atom. The minimum Gasteiger partial charge on any atom is -0.441 e. The Balaban J connectivity index is 1.50. The van der Waals surface area contributed by atoms with Crippen LogP contribution < -0.4 is 5.32 Å². The number of hydrogen-bond donors (Lipinski definition) is 1. The number of amides is 1. The Bertz CT molecular complexity index is 1090. The van der Waals surface area contributed by atoms with E-state index in [0.29, 0.717) is 30.3 Å². The van der Waals surface area contributed by atoms with Gasteiger partial charge in [-0.1, -0.05) is 38.1 Å². The molecule has 0 fully saturated rings. The Kier molecular flexibility index (Phi) is 9.53. The molecule has 8 heteroatoms. The van der Waals surface area contributed by atoms with Crippen molar-refractivity contribution < 1.29 is 17.8 Å². The summed E-state index contributed by atoms with van der Waals surface area (Å²) in [4.78, 5) is 19.0. The van der Waals surface area contributed by atoms with Crippen molar-refractivity contribution in [3.05, 3.63) is 76.9 Å². The number of rotatable bonds is 12. The van der Waals surface area contributed by atoms with Gasteiger partial charge in [-0.25, -0.2) is 9.37 Å². The van der Waals surface area contributed by atoms with E-state index in [0.717, 1.165) is 30.8 Å². The third kappa shape index (κ3) is 7.60. The van der Waals surface area contributed by atoms with Crippen LogP contribution in [0.5, 0.6) is 0 Å². The zero-order valence-electron chi connectivity index (χ0n) is 20.0. The van der Waals surface area contributed by atoms with Gasteiger partial charge in [0, 0.05) is 29.5 Å². The van der Waals surface area contributed by atoms with Crippen LogP contribution in [0, 0.1) is 12.7 Å². The van der Waals surface area contributed by atoms with E-state index >= 15 is 0 Å². The maximum atomic E-state index is 13.0. The first-order chi connectivity index (χ1) is 16.4. The number of halogens is 1. The zero-order valence-corrected chi connectivity index (χ0v) is 20.8. The van der Waals surface area contributed by atoms with Crippen molar-refractivity contribution in [1.29, 1.82) is 0 Å². The highest BCUT2D eigenvalue weighted by molar-refractivity contribution is 7.84. The third-order valence-corrected chi connectivity index (χ3v) is 6.81. The smallest absolute Gasteiger partial charge is 0.232 e. The van der Waals surface area contributed by atoms with E-state index in [-0.39, 0.29) is 23.2 Å².